The number of benzene rings is 1. The number of anilines is 1. The van der Waals surface area contributed by atoms with Gasteiger partial charge in [-0.25, -0.2) is 0 Å². The van der Waals surface area contributed by atoms with E-state index >= 15 is 0 Å². The molecule has 0 aliphatic carbocycles. The number of piperidine rings is 1. The Morgan fingerprint density at radius 2 is 2.10 bits per heavy atom. The normalized spacial score (nSPS) is 19.7. The third kappa shape index (κ3) is 4.11. The van der Waals surface area contributed by atoms with Gasteiger partial charge in [-0.15, -0.1) is 0 Å². The van der Waals surface area contributed by atoms with Gasteiger partial charge in [0.15, 0.2) is 0 Å². The van der Waals surface area contributed by atoms with Gasteiger partial charge in [-0.05, 0) is 50.9 Å². The number of rotatable bonds is 5. The highest BCUT2D eigenvalue weighted by Gasteiger charge is 2.16. The van der Waals surface area contributed by atoms with Gasteiger partial charge >= 0.3 is 0 Å². The molecule has 0 amide bonds. The van der Waals surface area contributed by atoms with Crippen molar-refractivity contribution in [2.75, 3.05) is 44.3 Å². The predicted octanol–water partition coefficient (Wildman–Crippen LogP) is 2.43. The minimum Gasteiger partial charge on any atom is -0.491 e. The molecule has 0 radical (unpaired) electrons. The van der Waals surface area contributed by atoms with E-state index in [-0.39, 0.29) is 0 Å². The highest BCUT2D eigenvalue weighted by atomic mass is 16.5. The van der Waals surface area contributed by atoms with Crippen molar-refractivity contribution in [2.24, 2.45) is 0 Å². The summed E-state index contributed by atoms with van der Waals surface area (Å²) in [5.74, 6) is 1.02. The van der Waals surface area contributed by atoms with Crippen LogP contribution in [-0.2, 0) is 4.74 Å². The van der Waals surface area contributed by atoms with Crippen LogP contribution in [0.4, 0.5) is 5.69 Å². The van der Waals surface area contributed by atoms with Gasteiger partial charge in [0, 0.05) is 19.7 Å². The summed E-state index contributed by atoms with van der Waals surface area (Å²) in [6.45, 7) is 6.00. The maximum atomic E-state index is 6.00. The molecule has 0 aromatic heterocycles. The van der Waals surface area contributed by atoms with Crippen LogP contribution < -0.4 is 15.0 Å². The summed E-state index contributed by atoms with van der Waals surface area (Å²) in [5, 5.41) is 3.37. The fraction of sp³-hybridized carbons (Fsp3) is 0.647. The van der Waals surface area contributed by atoms with E-state index in [2.05, 4.69) is 28.4 Å². The van der Waals surface area contributed by atoms with Crippen LogP contribution in [0.2, 0.25) is 0 Å². The molecule has 1 aromatic carbocycles. The van der Waals surface area contributed by atoms with E-state index in [9.17, 15) is 0 Å². The molecule has 0 atom stereocenters. The van der Waals surface area contributed by atoms with E-state index in [0.29, 0.717) is 6.10 Å². The molecule has 1 aromatic rings. The van der Waals surface area contributed by atoms with Crippen molar-refractivity contribution in [3.63, 3.8) is 0 Å². The Kier molecular flexibility index (Phi) is 5.35. The maximum Gasteiger partial charge on any atom is 0.142 e. The topological polar surface area (TPSA) is 33.7 Å². The monoisotopic (exact) mass is 290 g/mol. The van der Waals surface area contributed by atoms with E-state index in [1.807, 2.05) is 6.07 Å². The SMILES string of the molecule is c1ccc2c(c1)OCCCN2CCCOC1CCNCC1. The van der Waals surface area contributed by atoms with Crippen molar-refractivity contribution in [2.45, 2.75) is 31.8 Å². The molecule has 0 bridgehead atoms. The summed E-state index contributed by atoms with van der Waals surface area (Å²) in [6.07, 6.45) is 4.94. The Bertz CT molecular complexity index is 433. The molecule has 4 heteroatoms. The number of para-hydroxylation sites is 2. The fourth-order valence-corrected chi connectivity index (χ4v) is 3.10. The molecule has 2 heterocycles. The van der Waals surface area contributed by atoms with Crippen molar-refractivity contribution < 1.29 is 9.47 Å². The van der Waals surface area contributed by atoms with Crippen molar-refractivity contribution >= 4 is 5.69 Å². The maximum absolute atomic E-state index is 6.00. The van der Waals surface area contributed by atoms with Gasteiger partial charge in [0.25, 0.3) is 0 Å². The molecule has 4 nitrogen and oxygen atoms in total. The minimum absolute atomic E-state index is 0.464. The van der Waals surface area contributed by atoms with Gasteiger partial charge in [-0.2, -0.15) is 0 Å². The number of hydrogen-bond donors (Lipinski definition) is 1. The van der Waals surface area contributed by atoms with Crippen molar-refractivity contribution in [1.82, 2.24) is 5.32 Å². The average Bonchev–Trinajstić information content (AvgIpc) is 2.75. The zero-order valence-corrected chi connectivity index (χ0v) is 12.7. The molecular formula is C17H26N2O2. The Balaban J connectivity index is 1.46. The molecular weight excluding hydrogens is 264 g/mol. The number of hydrogen-bond acceptors (Lipinski definition) is 4. The fourth-order valence-electron chi connectivity index (χ4n) is 3.10. The molecule has 3 rings (SSSR count). The Morgan fingerprint density at radius 1 is 1.24 bits per heavy atom. The lowest BCUT2D eigenvalue weighted by Gasteiger charge is -2.25. The summed E-state index contributed by atoms with van der Waals surface area (Å²) in [5.41, 5.74) is 1.23. The Hall–Kier alpha value is -1.26. The minimum atomic E-state index is 0.464. The van der Waals surface area contributed by atoms with Crippen molar-refractivity contribution in [3.05, 3.63) is 24.3 Å². The number of nitrogens with one attached hydrogen (secondary N) is 1. The number of nitrogens with zero attached hydrogens (tertiary/aromatic N) is 1. The van der Waals surface area contributed by atoms with Gasteiger partial charge in [0.2, 0.25) is 0 Å². The van der Waals surface area contributed by atoms with Crippen LogP contribution in [0.3, 0.4) is 0 Å². The molecule has 21 heavy (non-hydrogen) atoms. The molecule has 1 fully saturated rings. The summed E-state index contributed by atoms with van der Waals surface area (Å²) < 4.78 is 11.8. The van der Waals surface area contributed by atoms with Crippen LogP contribution in [-0.4, -0.2) is 45.5 Å². The molecule has 1 saturated heterocycles. The first kappa shape index (κ1) is 14.7. The molecule has 2 aliphatic heterocycles. The summed E-state index contributed by atoms with van der Waals surface area (Å²) in [7, 11) is 0. The smallest absolute Gasteiger partial charge is 0.142 e. The second kappa shape index (κ2) is 7.66. The first-order valence-corrected chi connectivity index (χ1v) is 8.22. The molecule has 2 aliphatic rings. The summed E-state index contributed by atoms with van der Waals surface area (Å²) >= 11 is 0. The van der Waals surface area contributed by atoms with Crippen LogP contribution in [0.15, 0.2) is 24.3 Å². The predicted molar refractivity (Wildman–Crippen MR) is 85.2 cm³/mol. The highest BCUT2D eigenvalue weighted by molar-refractivity contribution is 5.58. The first-order valence-electron chi connectivity index (χ1n) is 8.22. The molecule has 0 spiro atoms. The van der Waals surface area contributed by atoms with E-state index < -0.39 is 0 Å². The lowest BCUT2D eigenvalue weighted by atomic mass is 10.1. The third-order valence-corrected chi connectivity index (χ3v) is 4.25. The Morgan fingerprint density at radius 3 is 3.00 bits per heavy atom. The third-order valence-electron chi connectivity index (χ3n) is 4.25. The standard InChI is InChI=1S/C17H26N2O2/c1-2-6-17-16(5-1)19(12-4-14-21-17)11-3-13-20-15-7-9-18-10-8-15/h1-2,5-6,15,18H,3-4,7-14H2. The van der Waals surface area contributed by atoms with Gasteiger partial charge in [-0.3, -0.25) is 0 Å². The van der Waals surface area contributed by atoms with Gasteiger partial charge in [0.1, 0.15) is 5.75 Å². The van der Waals surface area contributed by atoms with Crippen LogP contribution in [0, 0.1) is 0 Å². The van der Waals surface area contributed by atoms with Crippen molar-refractivity contribution in [1.29, 1.82) is 0 Å². The summed E-state index contributed by atoms with van der Waals surface area (Å²) in [4.78, 5) is 2.44. The quantitative estimate of drug-likeness (QED) is 0.845. The Labute approximate surface area is 127 Å². The van der Waals surface area contributed by atoms with E-state index in [1.165, 1.54) is 5.69 Å². The van der Waals surface area contributed by atoms with Crippen LogP contribution in [0.25, 0.3) is 0 Å². The number of fused-ring (bicyclic) bond motifs is 1. The van der Waals surface area contributed by atoms with Gasteiger partial charge in [-0.1, -0.05) is 12.1 Å². The molecule has 0 unspecified atom stereocenters. The average molecular weight is 290 g/mol. The lowest BCUT2D eigenvalue weighted by Crippen LogP contribution is -2.33. The molecule has 116 valence electrons. The van der Waals surface area contributed by atoms with Crippen LogP contribution in [0.1, 0.15) is 25.7 Å². The van der Waals surface area contributed by atoms with E-state index in [1.54, 1.807) is 0 Å². The van der Waals surface area contributed by atoms with Crippen LogP contribution >= 0.6 is 0 Å². The summed E-state index contributed by atoms with van der Waals surface area (Å²) in [6, 6.07) is 8.36. The lowest BCUT2D eigenvalue weighted by molar-refractivity contribution is 0.0324. The van der Waals surface area contributed by atoms with Crippen molar-refractivity contribution in [3.8, 4) is 5.75 Å². The highest BCUT2D eigenvalue weighted by Crippen LogP contribution is 2.30. The first-order chi connectivity index (χ1) is 10.4. The largest absolute Gasteiger partial charge is 0.491 e. The molecule has 1 N–H and O–H groups in total. The zero-order valence-electron chi connectivity index (χ0n) is 12.7. The second-order valence-electron chi connectivity index (χ2n) is 5.83. The molecule has 0 saturated carbocycles. The van der Waals surface area contributed by atoms with E-state index in [4.69, 9.17) is 9.47 Å². The van der Waals surface area contributed by atoms with E-state index in [0.717, 1.165) is 70.8 Å². The number of ether oxygens (including phenoxy) is 2. The van der Waals surface area contributed by atoms with Gasteiger partial charge < -0.3 is 19.7 Å². The zero-order chi connectivity index (χ0) is 14.3. The second-order valence-corrected chi connectivity index (χ2v) is 5.83. The van der Waals surface area contributed by atoms with Gasteiger partial charge in [0.05, 0.1) is 18.4 Å². The van der Waals surface area contributed by atoms with Crippen LogP contribution in [0.5, 0.6) is 5.75 Å².